The molecule has 0 aliphatic rings. The lowest BCUT2D eigenvalue weighted by molar-refractivity contribution is 0.624. The van der Waals surface area contributed by atoms with Crippen LogP contribution >= 0.6 is 11.6 Å². The summed E-state index contributed by atoms with van der Waals surface area (Å²) < 4.78 is 12.7. The van der Waals surface area contributed by atoms with Gasteiger partial charge in [-0.3, -0.25) is 0 Å². The first-order valence-electron chi connectivity index (χ1n) is 3.48. The third kappa shape index (κ3) is 1.84. The number of hydrogen-bond donors (Lipinski definition) is 1. The number of hydrogen-bond acceptors (Lipinski definition) is 1. The zero-order valence-corrected chi connectivity index (χ0v) is 7.18. The standard InChI is InChI=1S/C9H9ClFN/c1-2-9(12)7-5-6(11)3-4-8(7)10/h2-5,9H,1,12H2/t9-/m0/s1. The fourth-order valence-electron chi connectivity index (χ4n) is 0.897. The summed E-state index contributed by atoms with van der Waals surface area (Å²) >= 11 is 5.78. The van der Waals surface area contributed by atoms with E-state index in [0.717, 1.165) is 0 Å². The fraction of sp³-hybridized carbons (Fsp3) is 0.111. The first-order chi connectivity index (χ1) is 5.65. The van der Waals surface area contributed by atoms with Crippen molar-refractivity contribution in [1.29, 1.82) is 0 Å². The van der Waals surface area contributed by atoms with Crippen LogP contribution in [0.1, 0.15) is 11.6 Å². The Bertz CT molecular complexity index is 299. The van der Waals surface area contributed by atoms with Crippen molar-refractivity contribution in [3.05, 3.63) is 47.3 Å². The Morgan fingerprint density at radius 2 is 2.25 bits per heavy atom. The molecule has 12 heavy (non-hydrogen) atoms. The van der Waals surface area contributed by atoms with Crippen LogP contribution in [-0.2, 0) is 0 Å². The van der Waals surface area contributed by atoms with E-state index in [-0.39, 0.29) is 5.82 Å². The van der Waals surface area contributed by atoms with E-state index in [0.29, 0.717) is 10.6 Å². The Hall–Kier alpha value is -0.860. The summed E-state index contributed by atoms with van der Waals surface area (Å²) in [6.45, 7) is 3.50. The Labute approximate surface area is 75.6 Å². The zero-order valence-electron chi connectivity index (χ0n) is 6.43. The maximum atomic E-state index is 12.7. The smallest absolute Gasteiger partial charge is 0.123 e. The fourth-order valence-corrected chi connectivity index (χ4v) is 1.14. The highest BCUT2D eigenvalue weighted by Gasteiger charge is 2.06. The van der Waals surface area contributed by atoms with Gasteiger partial charge in [0.2, 0.25) is 0 Å². The number of halogens is 2. The normalized spacial score (nSPS) is 12.6. The van der Waals surface area contributed by atoms with Crippen molar-refractivity contribution < 1.29 is 4.39 Å². The predicted molar refractivity (Wildman–Crippen MR) is 48.5 cm³/mol. The van der Waals surface area contributed by atoms with Gasteiger partial charge in [0.1, 0.15) is 5.82 Å². The molecule has 0 spiro atoms. The van der Waals surface area contributed by atoms with Gasteiger partial charge in [-0.05, 0) is 23.8 Å². The molecule has 1 aromatic carbocycles. The molecule has 64 valence electrons. The zero-order chi connectivity index (χ0) is 9.14. The first kappa shape index (κ1) is 9.23. The highest BCUT2D eigenvalue weighted by molar-refractivity contribution is 6.31. The van der Waals surface area contributed by atoms with Crippen LogP contribution in [0.25, 0.3) is 0 Å². The first-order valence-corrected chi connectivity index (χ1v) is 3.86. The molecule has 0 aliphatic heterocycles. The molecule has 0 unspecified atom stereocenters. The van der Waals surface area contributed by atoms with Crippen molar-refractivity contribution in [3.63, 3.8) is 0 Å². The lowest BCUT2D eigenvalue weighted by atomic mass is 10.1. The summed E-state index contributed by atoms with van der Waals surface area (Å²) in [7, 11) is 0. The third-order valence-corrected chi connectivity index (χ3v) is 1.92. The Morgan fingerprint density at radius 1 is 1.58 bits per heavy atom. The van der Waals surface area contributed by atoms with Crippen LogP contribution in [0.2, 0.25) is 5.02 Å². The van der Waals surface area contributed by atoms with Crippen LogP contribution < -0.4 is 5.73 Å². The van der Waals surface area contributed by atoms with Gasteiger partial charge in [-0.25, -0.2) is 4.39 Å². The molecule has 0 heterocycles. The molecule has 0 radical (unpaired) electrons. The van der Waals surface area contributed by atoms with E-state index < -0.39 is 6.04 Å². The highest BCUT2D eigenvalue weighted by atomic mass is 35.5. The van der Waals surface area contributed by atoms with Crippen LogP contribution in [0, 0.1) is 5.82 Å². The van der Waals surface area contributed by atoms with E-state index >= 15 is 0 Å². The second kappa shape index (κ2) is 3.70. The van der Waals surface area contributed by atoms with Crippen molar-refractivity contribution in [1.82, 2.24) is 0 Å². The number of benzene rings is 1. The van der Waals surface area contributed by atoms with Crippen molar-refractivity contribution in [2.45, 2.75) is 6.04 Å². The minimum Gasteiger partial charge on any atom is -0.321 e. The summed E-state index contributed by atoms with van der Waals surface area (Å²) in [5.74, 6) is -0.341. The molecule has 0 saturated carbocycles. The van der Waals surface area contributed by atoms with E-state index in [1.54, 1.807) is 0 Å². The van der Waals surface area contributed by atoms with Gasteiger partial charge in [-0.15, -0.1) is 6.58 Å². The molecular weight excluding hydrogens is 177 g/mol. The average Bonchev–Trinajstić information content (AvgIpc) is 2.08. The van der Waals surface area contributed by atoms with Crippen molar-refractivity contribution in [2.75, 3.05) is 0 Å². The summed E-state index contributed by atoms with van der Waals surface area (Å²) in [5, 5.41) is 0.462. The van der Waals surface area contributed by atoms with Crippen molar-refractivity contribution in [2.24, 2.45) is 5.73 Å². The van der Waals surface area contributed by atoms with Gasteiger partial charge in [-0.1, -0.05) is 17.7 Å². The van der Waals surface area contributed by atoms with Crippen LogP contribution in [0.3, 0.4) is 0 Å². The maximum absolute atomic E-state index is 12.7. The summed E-state index contributed by atoms with van der Waals surface area (Å²) in [6, 6.07) is 3.68. The molecule has 0 aromatic heterocycles. The minimum atomic E-state index is -0.409. The predicted octanol–water partition coefficient (Wildman–Crippen LogP) is 2.66. The number of rotatable bonds is 2. The quantitative estimate of drug-likeness (QED) is 0.705. The summed E-state index contributed by atoms with van der Waals surface area (Å²) in [5.41, 5.74) is 6.16. The van der Waals surface area contributed by atoms with Crippen LogP contribution in [0.4, 0.5) is 4.39 Å². The van der Waals surface area contributed by atoms with Crippen LogP contribution in [0.15, 0.2) is 30.9 Å². The molecule has 0 bridgehead atoms. The molecule has 1 atom stereocenters. The van der Waals surface area contributed by atoms with E-state index in [1.165, 1.54) is 24.3 Å². The summed E-state index contributed by atoms with van der Waals surface area (Å²) in [4.78, 5) is 0. The lowest BCUT2D eigenvalue weighted by Crippen LogP contribution is -2.07. The van der Waals surface area contributed by atoms with Crippen LogP contribution in [0.5, 0.6) is 0 Å². The molecule has 3 heteroatoms. The average molecular weight is 186 g/mol. The van der Waals surface area contributed by atoms with Crippen molar-refractivity contribution in [3.8, 4) is 0 Å². The van der Waals surface area contributed by atoms with Crippen molar-refractivity contribution >= 4 is 11.6 Å². The topological polar surface area (TPSA) is 26.0 Å². The highest BCUT2D eigenvalue weighted by Crippen LogP contribution is 2.22. The van der Waals surface area contributed by atoms with Gasteiger partial charge in [0.15, 0.2) is 0 Å². The molecule has 1 aromatic rings. The van der Waals surface area contributed by atoms with Gasteiger partial charge < -0.3 is 5.73 Å². The number of nitrogens with two attached hydrogens (primary N) is 1. The van der Waals surface area contributed by atoms with E-state index in [2.05, 4.69) is 6.58 Å². The second-order valence-corrected chi connectivity index (χ2v) is 2.83. The molecule has 0 fully saturated rings. The molecule has 0 amide bonds. The lowest BCUT2D eigenvalue weighted by Gasteiger charge is -2.08. The van der Waals surface area contributed by atoms with Gasteiger partial charge in [0, 0.05) is 11.1 Å². The Kier molecular flexibility index (Phi) is 2.84. The van der Waals surface area contributed by atoms with E-state index in [1.807, 2.05) is 0 Å². The van der Waals surface area contributed by atoms with Gasteiger partial charge in [-0.2, -0.15) is 0 Å². The van der Waals surface area contributed by atoms with E-state index in [9.17, 15) is 4.39 Å². The van der Waals surface area contributed by atoms with Gasteiger partial charge >= 0.3 is 0 Å². The third-order valence-electron chi connectivity index (χ3n) is 1.57. The van der Waals surface area contributed by atoms with Crippen LogP contribution in [-0.4, -0.2) is 0 Å². The van der Waals surface area contributed by atoms with Gasteiger partial charge in [0.05, 0.1) is 0 Å². The molecule has 0 aliphatic carbocycles. The van der Waals surface area contributed by atoms with Gasteiger partial charge in [0.25, 0.3) is 0 Å². The Morgan fingerprint density at radius 3 is 2.83 bits per heavy atom. The molecule has 1 rings (SSSR count). The Balaban J connectivity index is 3.12. The maximum Gasteiger partial charge on any atom is 0.123 e. The molecular formula is C9H9ClFN. The largest absolute Gasteiger partial charge is 0.321 e. The molecule has 0 saturated heterocycles. The second-order valence-electron chi connectivity index (χ2n) is 2.43. The minimum absolute atomic E-state index is 0.341. The summed E-state index contributed by atoms with van der Waals surface area (Å²) in [6.07, 6.45) is 1.51. The SMILES string of the molecule is C=C[C@H](N)c1cc(F)ccc1Cl. The molecule has 2 N–H and O–H groups in total. The monoisotopic (exact) mass is 185 g/mol. The van der Waals surface area contributed by atoms with E-state index in [4.69, 9.17) is 17.3 Å². The molecule has 1 nitrogen and oxygen atoms in total.